The number of ether oxygens (including phenoxy) is 3. The second kappa shape index (κ2) is 14.8. The molecular weight excluding hydrogens is 581 g/mol. The number of carbonyl (C=O) groups excluding carboxylic acids is 1. The number of aryl methyl sites for hydroxylation is 2. The highest BCUT2D eigenvalue weighted by Gasteiger charge is 2.11. The molecule has 3 aromatic carbocycles. The Hall–Kier alpha value is -4.71. The maximum absolute atomic E-state index is 12.3. The van der Waals surface area contributed by atoms with Crippen molar-refractivity contribution in [3.05, 3.63) is 107 Å². The lowest BCUT2D eigenvalue weighted by Gasteiger charge is -2.16. The minimum Gasteiger partial charge on any atom is -0.653 e. The van der Waals surface area contributed by atoms with E-state index in [4.69, 9.17) is 18.0 Å². The van der Waals surface area contributed by atoms with Gasteiger partial charge in [-0.1, -0.05) is 6.07 Å². The lowest BCUT2D eigenvalue weighted by atomic mass is 10.1. The monoisotopic (exact) mass is 617 g/mol. The molecule has 0 unspecified atom stereocenters. The maximum Gasteiger partial charge on any atom is 0.482 e. The van der Waals surface area contributed by atoms with Crippen LogP contribution in [-0.2, 0) is 8.53 Å². The molecular formula is C36H36AlN3O5. The van der Waals surface area contributed by atoms with Crippen LogP contribution in [0.5, 0.6) is 11.5 Å². The van der Waals surface area contributed by atoms with Gasteiger partial charge in [0, 0.05) is 39.4 Å². The van der Waals surface area contributed by atoms with E-state index in [1.807, 2.05) is 83.1 Å². The molecule has 2 radical (unpaired) electrons. The Morgan fingerprint density at radius 1 is 0.778 bits per heavy atom. The molecule has 8 nitrogen and oxygen atoms in total. The molecule has 0 aliphatic rings. The van der Waals surface area contributed by atoms with Gasteiger partial charge in [0.15, 0.2) is 12.2 Å². The molecule has 45 heavy (non-hydrogen) atoms. The second-order valence-corrected chi connectivity index (χ2v) is 11.4. The SMILES string of the molecule is COc1ccc(C(=O)/C=C(\[O][Al])c2ccc(OC)cc2)cc1.Cc1ccc2cc(N=COC(C)(C)C)c3ccc(C)nc3c2n1. The largest absolute Gasteiger partial charge is 0.653 e. The standard InChI is InChI=1S/C19H21N3O.C17H16O4.Al/c1-12-6-8-14-10-16(20-11-23-19(3,4)5)15-9-7-13(2)22-18(15)17(14)21-12;1-20-14-7-3-12(4-8-14)16(18)11-17(19)13-5-9-15(21-2)10-6-13;/h6-11H,1-5H3;3-11,18H,1-2H3;/q;;+1/p-1/b;16-11-;. The van der Waals surface area contributed by atoms with Crippen LogP contribution >= 0.6 is 0 Å². The highest BCUT2D eigenvalue weighted by molar-refractivity contribution is 6.10. The van der Waals surface area contributed by atoms with Gasteiger partial charge in [-0.05, 0) is 107 Å². The second-order valence-electron chi connectivity index (χ2n) is 11.2. The zero-order valence-electron chi connectivity index (χ0n) is 26.6. The summed E-state index contributed by atoms with van der Waals surface area (Å²) in [6.07, 6.45) is 2.97. The molecule has 2 aromatic heterocycles. The first-order chi connectivity index (χ1) is 21.5. The van der Waals surface area contributed by atoms with Crippen LogP contribution in [-0.4, -0.2) is 58.6 Å². The van der Waals surface area contributed by atoms with Crippen LogP contribution in [0.1, 0.15) is 48.1 Å². The highest BCUT2D eigenvalue weighted by Crippen LogP contribution is 2.32. The number of ketones is 1. The van der Waals surface area contributed by atoms with Crippen molar-refractivity contribution >= 4 is 62.1 Å². The first-order valence-electron chi connectivity index (χ1n) is 14.3. The van der Waals surface area contributed by atoms with E-state index in [2.05, 4.69) is 37.7 Å². The van der Waals surface area contributed by atoms with Crippen molar-refractivity contribution in [3.8, 4) is 11.5 Å². The van der Waals surface area contributed by atoms with E-state index >= 15 is 0 Å². The van der Waals surface area contributed by atoms with Crippen LogP contribution in [0.15, 0.2) is 89.9 Å². The number of hydrogen-bond donors (Lipinski definition) is 0. The zero-order valence-corrected chi connectivity index (χ0v) is 27.8. The average molecular weight is 618 g/mol. The molecule has 0 saturated heterocycles. The number of allylic oxidation sites excluding steroid dienone is 1. The van der Waals surface area contributed by atoms with Gasteiger partial charge in [0.2, 0.25) is 0 Å². The normalized spacial score (nSPS) is 11.7. The number of carbonyl (C=O) groups is 1. The summed E-state index contributed by atoms with van der Waals surface area (Å²) >= 11 is 2.16. The third-order valence-electron chi connectivity index (χ3n) is 6.63. The van der Waals surface area contributed by atoms with E-state index in [0.717, 1.165) is 50.2 Å². The molecule has 0 fully saturated rings. The van der Waals surface area contributed by atoms with Crippen LogP contribution < -0.4 is 9.47 Å². The summed E-state index contributed by atoms with van der Waals surface area (Å²) < 4.78 is 21.0. The molecule has 0 saturated carbocycles. The number of aliphatic imine (C=N–C) groups is 1. The summed E-state index contributed by atoms with van der Waals surface area (Å²) in [5.41, 5.74) is 5.68. The molecule has 0 N–H and O–H groups in total. The number of benzene rings is 3. The zero-order chi connectivity index (χ0) is 32.6. The van der Waals surface area contributed by atoms with Gasteiger partial charge < -0.3 is 18.0 Å². The van der Waals surface area contributed by atoms with Crippen molar-refractivity contribution in [1.82, 2.24) is 9.97 Å². The van der Waals surface area contributed by atoms with Crippen molar-refractivity contribution in [3.63, 3.8) is 0 Å². The van der Waals surface area contributed by atoms with Crippen LogP contribution in [0.25, 0.3) is 27.6 Å². The van der Waals surface area contributed by atoms with Gasteiger partial charge in [-0.3, -0.25) is 14.8 Å². The molecule has 5 aromatic rings. The van der Waals surface area contributed by atoms with Crippen molar-refractivity contribution in [1.29, 1.82) is 0 Å². The third kappa shape index (κ3) is 8.91. The smallest absolute Gasteiger partial charge is 0.482 e. The van der Waals surface area contributed by atoms with Gasteiger partial charge >= 0.3 is 16.6 Å². The van der Waals surface area contributed by atoms with Gasteiger partial charge in [-0.25, -0.2) is 4.99 Å². The molecule has 0 spiro atoms. The van der Waals surface area contributed by atoms with Crippen molar-refractivity contribution in [2.75, 3.05) is 14.2 Å². The van der Waals surface area contributed by atoms with E-state index in [9.17, 15) is 4.79 Å². The Morgan fingerprint density at radius 3 is 1.89 bits per heavy atom. The fraction of sp³-hybridized carbons (Fsp3) is 0.222. The Bertz CT molecular complexity index is 1840. The molecule has 228 valence electrons. The minimum absolute atomic E-state index is 0.143. The van der Waals surface area contributed by atoms with Gasteiger partial charge in [0.1, 0.15) is 17.1 Å². The minimum atomic E-state index is -0.260. The van der Waals surface area contributed by atoms with Crippen LogP contribution in [0, 0.1) is 13.8 Å². The van der Waals surface area contributed by atoms with E-state index in [0.29, 0.717) is 17.1 Å². The van der Waals surface area contributed by atoms with Gasteiger partial charge in [-0.15, -0.1) is 0 Å². The topological polar surface area (TPSA) is 92.1 Å². The predicted molar refractivity (Wildman–Crippen MR) is 181 cm³/mol. The predicted octanol–water partition coefficient (Wildman–Crippen LogP) is 7.90. The fourth-order valence-electron chi connectivity index (χ4n) is 4.29. The highest BCUT2D eigenvalue weighted by atomic mass is 27.1. The maximum atomic E-state index is 12.3. The lowest BCUT2D eigenvalue weighted by Crippen LogP contribution is -2.17. The van der Waals surface area contributed by atoms with Crippen molar-refractivity contribution in [2.45, 2.75) is 40.2 Å². The molecule has 2 heterocycles. The average Bonchev–Trinajstić information content (AvgIpc) is 3.03. The number of methoxy groups -OCH3 is 2. The van der Waals surface area contributed by atoms with Gasteiger partial charge in [0.05, 0.1) is 36.7 Å². The first-order valence-corrected chi connectivity index (χ1v) is 14.8. The van der Waals surface area contributed by atoms with Gasteiger partial charge in [-0.2, -0.15) is 0 Å². The Labute approximate surface area is 272 Å². The van der Waals surface area contributed by atoms with E-state index in [1.54, 1.807) is 38.5 Å². The van der Waals surface area contributed by atoms with Crippen LogP contribution in [0.3, 0.4) is 0 Å². The summed E-state index contributed by atoms with van der Waals surface area (Å²) in [4.78, 5) is 26.1. The number of pyridine rings is 2. The third-order valence-corrected chi connectivity index (χ3v) is 6.88. The van der Waals surface area contributed by atoms with Gasteiger partial charge in [0.25, 0.3) is 0 Å². The molecule has 0 bridgehead atoms. The summed E-state index contributed by atoms with van der Waals surface area (Å²) in [6.45, 7) is 9.96. The molecule has 9 heteroatoms. The Kier molecular flexibility index (Phi) is 11.0. The summed E-state index contributed by atoms with van der Waals surface area (Å²) in [6, 6.07) is 24.3. The lowest BCUT2D eigenvalue weighted by molar-refractivity contribution is 0.104. The Morgan fingerprint density at radius 2 is 1.33 bits per heavy atom. The molecule has 0 aliphatic carbocycles. The van der Waals surface area contributed by atoms with E-state index in [1.165, 1.54) is 12.5 Å². The molecule has 5 rings (SSSR count). The molecule has 0 amide bonds. The summed E-state index contributed by atoms with van der Waals surface area (Å²) in [7, 11) is 3.19. The van der Waals surface area contributed by atoms with Crippen LogP contribution in [0.4, 0.5) is 5.69 Å². The number of rotatable bonds is 8. The summed E-state index contributed by atoms with van der Waals surface area (Å²) in [5, 5.41) is 2.01. The number of fused-ring (bicyclic) bond motifs is 3. The van der Waals surface area contributed by atoms with Crippen molar-refractivity contribution in [2.24, 2.45) is 4.99 Å². The van der Waals surface area contributed by atoms with Crippen molar-refractivity contribution < 1.29 is 22.8 Å². The van der Waals surface area contributed by atoms with E-state index in [-0.39, 0.29) is 11.4 Å². The molecule has 0 atom stereocenters. The number of aromatic nitrogens is 2. The Balaban J connectivity index is 0.000000205. The number of nitrogens with zero attached hydrogens (tertiary/aromatic N) is 3. The number of hydrogen-bond acceptors (Lipinski definition) is 8. The first kappa shape index (κ1) is 33.2. The molecule has 0 aliphatic heterocycles. The quantitative estimate of drug-likeness (QED) is 0.0332. The van der Waals surface area contributed by atoms with E-state index < -0.39 is 0 Å². The summed E-state index contributed by atoms with van der Waals surface area (Å²) in [5.74, 6) is 1.77. The fourth-order valence-corrected chi connectivity index (χ4v) is 4.49. The van der Waals surface area contributed by atoms with Crippen LogP contribution in [0.2, 0.25) is 0 Å².